The van der Waals surface area contributed by atoms with Crippen LogP contribution in [0.4, 0.5) is 5.69 Å². The number of thioether (sulfide) groups is 1. The molecule has 16 heavy (non-hydrogen) atoms. The second-order valence-corrected chi connectivity index (χ2v) is 6.02. The molecule has 1 fully saturated rings. The summed E-state index contributed by atoms with van der Waals surface area (Å²) in [6.07, 6.45) is 1.30. The lowest BCUT2D eigenvalue weighted by atomic mass is 10.1. The average molecular weight is 297 g/mol. The van der Waals surface area contributed by atoms with Crippen molar-refractivity contribution in [3.63, 3.8) is 0 Å². The molecule has 1 unspecified atom stereocenters. The van der Waals surface area contributed by atoms with Crippen molar-refractivity contribution in [3.8, 4) is 6.07 Å². The van der Waals surface area contributed by atoms with Gasteiger partial charge in [0, 0.05) is 16.7 Å². The highest BCUT2D eigenvalue weighted by Gasteiger charge is 2.14. The van der Waals surface area contributed by atoms with E-state index in [1.807, 2.05) is 30.0 Å². The average Bonchev–Trinajstić information content (AvgIpc) is 2.78. The molecule has 1 aromatic carbocycles. The van der Waals surface area contributed by atoms with Crippen LogP contribution in [-0.4, -0.2) is 18.1 Å². The van der Waals surface area contributed by atoms with Gasteiger partial charge in [-0.3, -0.25) is 0 Å². The summed E-state index contributed by atoms with van der Waals surface area (Å²) < 4.78 is 0.954. The van der Waals surface area contributed by atoms with Crippen molar-refractivity contribution in [1.29, 1.82) is 5.26 Å². The van der Waals surface area contributed by atoms with E-state index in [9.17, 15) is 0 Å². The Morgan fingerprint density at radius 3 is 3.06 bits per heavy atom. The first-order valence-electron chi connectivity index (χ1n) is 5.30. The number of hydrogen-bond acceptors (Lipinski definition) is 3. The van der Waals surface area contributed by atoms with Crippen molar-refractivity contribution in [2.24, 2.45) is 5.92 Å². The van der Waals surface area contributed by atoms with Gasteiger partial charge >= 0.3 is 0 Å². The molecular weight excluding hydrogens is 284 g/mol. The molecule has 0 aliphatic carbocycles. The largest absolute Gasteiger partial charge is 0.385 e. The molecule has 0 saturated carbocycles. The van der Waals surface area contributed by atoms with E-state index in [0.29, 0.717) is 5.56 Å². The van der Waals surface area contributed by atoms with Crippen LogP contribution < -0.4 is 5.32 Å². The van der Waals surface area contributed by atoms with Crippen molar-refractivity contribution in [2.45, 2.75) is 6.42 Å². The fourth-order valence-corrected chi connectivity index (χ4v) is 3.54. The number of rotatable bonds is 3. The lowest BCUT2D eigenvalue weighted by molar-refractivity contribution is 0.632. The summed E-state index contributed by atoms with van der Waals surface area (Å²) in [6, 6.07) is 7.90. The smallest absolute Gasteiger partial charge is 0.0992 e. The van der Waals surface area contributed by atoms with E-state index in [1.54, 1.807) is 0 Å². The van der Waals surface area contributed by atoms with Crippen molar-refractivity contribution in [1.82, 2.24) is 0 Å². The molecule has 1 aliphatic heterocycles. The number of hydrogen-bond donors (Lipinski definition) is 1. The van der Waals surface area contributed by atoms with E-state index in [2.05, 4.69) is 27.3 Å². The maximum absolute atomic E-state index is 8.86. The lowest BCUT2D eigenvalue weighted by Crippen LogP contribution is -2.13. The van der Waals surface area contributed by atoms with Crippen LogP contribution in [0.5, 0.6) is 0 Å². The maximum Gasteiger partial charge on any atom is 0.0992 e. The normalized spacial score (nSPS) is 19.4. The number of nitrogens with zero attached hydrogens (tertiary/aromatic N) is 1. The van der Waals surface area contributed by atoms with E-state index in [4.69, 9.17) is 5.26 Å². The molecule has 1 atom stereocenters. The minimum absolute atomic E-state index is 0.692. The van der Waals surface area contributed by atoms with Crippen LogP contribution in [-0.2, 0) is 0 Å². The number of benzene rings is 1. The van der Waals surface area contributed by atoms with E-state index >= 15 is 0 Å². The van der Waals surface area contributed by atoms with E-state index in [1.165, 1.54) is 17.9 Å². The third kappa shape index (κ3) is 3.16. The summed E-state index contributed by atoms with van der Waals surface area (Å²) in [5, 5.41) is 12.3. The topological polar surface area (TPSA) is 35.8 Å². The zero-order chi connectivity index (χ0) is 11.4. The highest BCUT2D eigenvalue weighted by Crippen LogP contribution is 2.25. The minimum Gasteiger partial charge on any atom is -0.385 e. The van der Waals surface area contributed by atoms with Crippen molar-refractivity contribution < 1.29 is 0 Å². The standard InChI is InChI=1S/C12H13BrN2S/c13-11-3-10(6-14)4-12(5-11)15-7-9-1-2-16-8-9/h3-5,9,15H,1-2,7-8H2. The van der Waals surface area contributed by atoms with Crippen LogP contribution in [0.1, 0.15) is 12.0 Å². The quantitative estimate of drug-likeness (QED) is 0.927. The SMILES string of the molecule is N#Cc1cc(Br)cc(NCC2CCSC2)c1. The predicted molar refractivity (Wildman–Crippen MR) is 72.8 cm³/mol. The summed E-state index contributed by atoms with van der Waals surface area (Å²) in [5.41, 5.74) is 1.72. The van der Waals surface area contributed by atoms with Gasteiger partial charge in [0.2, 0.25) is 0 Å². The Morgan fingerprint density at radius 1 is 1.50 bits per heavy atom. The first kappa shape index (κ1) is 11.8. The second-order valence-electron chi connectivity index (χ2n) is 3.95. The van der Waals surface area contributed by atoms with Gasteiger partial charge in [0.05, 0.1) is 11.6 Å². The Kier molecular flexibility index (Phi) is 4.14. The first-order chi connectivity index (χ1) is 7.78. The van der Waals surface area contributed by atoms with Gasteiger partial charge in [0.25, 0.3) is 0 Å². The Balaban J connectivity index is 1.98. The van der Waals surface area contributed by atoms with Crippen LogP contribution in [0.15, 0.2) is 22.7 Å². The van der Waals surface area contributed by atoms with Gasteiger partial charge in [-0.05, 0) is 42.0 Å². The molecule has 0 bridgehead atoms. The van der Waals surface area contributed by atoms with Crippen LogP contribution in [0.2, 0.25) is 0 Å². The van der Waals surface area contributed by atoms with Crippen LogP contribution in [0, 0.1) is 17.2 Å². The number of nitriles is 1. The molecule has 1 heterocycles. The monoisotopic (exact) mass is 296 g/mol. The highest BCUT2D eigenvalue weighted by atomic mass is 79.9. The molecule has 1 aromatic rings. The van der Waals surface area contributed by atoms with Crippen LogP contribution in [0.25, 0.3) is 0 Å². The van der Waals surface area contributed by atoms with Crippen molar-refractivity contribution in [3.05, 3.63) is 28.2 Å². The molecule has 0 aromatic heterocycles. The van der Waals surface area contributed by atoms with Gasteiger partial charge in [-0.1, -0.05) is 15.9 Å². The fraction of sp³-hybridized carbons (Fsp3) is 0.417. The molecular formula is C12H13BrN2S. The molecule has 1 N–H and O–H groups in total. The van der Waals surface area contributed by atoms with E-state index < -0.39 is 0 Å². The lowest BCUT2D eigenvalue weighted by Gasteiger charge is -2.11. The zero-order valence-corrected chi connectivity index (χ0v) is 11.3. The summed E-state index contributed by atoms with van der Waals surface area (Å²) >= 11 is 5.44. The van der Waals surface area contributed by atoms with Crippen molar-refractivity contribution >= 4 is 33.4 Å². The zero-order valence-electron chi connectivity index (χ0n) is 8.87. The Hall–Kier alpha value is -0.660. The number of halogens is 1. The summed E-state index contributed by atoms with van der Waals surface area (Å²) in [4.78, 5) is 0. The number of anilines is 1. The number of nitrogens with one attached hydrogen (secondary N) is 1. The second kappa shape index (κ2) is 5.60. The van der Waals surface area contributed by atoms with Gasteiger partial charge in [-0.2, -0.15) is 17.0 Å². The molecule has 1 aliphatic rings. The molecule has 1 saturated heterocycles. The maximum atomic E-state index is 8.86. The molecule has 84 valence electrons. The predicted octanol–water partition coefficient (Wildman–Crippen LogP) is 3.49. The summed E-state index contributed by atoms with van der Waals surface area (Å²) in [6.45, 7) is 1.01. The van der Waals surface area contributed by atoms with Gasteiger partial charge in [-0.15, -0.1) is 0 Å². The third-order valence-corrected chi connectivity index (χ3v) is 4.34. The fourth-order valence-electron chi connectivity index (χ4n) is 1.76. The third-order valence-electron chi connectivity index (χ3n) is 2.65. The summed E-state index contributed by atoms with van der Waals surface area (Å²) in [5.74, 6) is 3.31. The van der Waals surface area contributed by atoms with Crippen LogP contribution in [0.3, 0.4) is 0 Å². The van der Waals surface area contributed by atoms with Gasteiger partial charge in [0.1, 0.15) is 0 Å². The molecule has 4 heteroatoms. The molecule has 0 radical (unpaired) electrons. The van der Waals surface area contributed by atoms with Gasteiger partial charge in [0.15, 0.2) is 0 Å². The Bertz CT molecular complexity index is 408. The first-order valence-corrected chi connectivity index (χ1v) is 7.25. The molecule has 2 rings (SSSR count). The summed E-state index contributed by atoms with van der Waals surface area (Å²) in [7, 11) is 0. The van der Waals surface area contributed by atoms with Crippen LogP contribution >= 0.6 is 27.7 Å². The Morgan fingerprint density at radius 2 is 2.38 bits per heavy atom. The van der Waals surface area contributed by atoms with E-state index in [-0.39, 0.29) is 0 Å². The molecule has 0 spiro atoms. The van der Waals surface area contributed by atoms with Gasteiger partial charge < -0.3 is 5.32 Å². The Labute approximate surface area is 109 Å². The molecule has 0 amide bonds. The molecule has 2 nitrogen and oxygen atoms in total. The van der Waals surface area contributed by atoms with E-state index in [0.717, 1.165) is 22.6 Å². The van der Waals surface area contributed by atoms with Gasteiger partial charge in [-0.25, -0.2) is 0 Å². The minimum atomic E-state index is 0.692. The van der Waals surface area contributed by atoms with Crippen molar-refractivity contribution in [2.75, 3.05) is 23.4 Å². The highest BCUT2D eigenvalue weighted by molar-refractivity contribution is 9.10.